The van der Waals surface area contributed by atoms with Gasteiger partial charge in [-0.05, 0) is 38.0 Å². The van der Waals surface area contributed by atoms with Crippen molar-refractivity contribution in [3.63, 3.8) is 0 Å². The Bertz CT molecular complexity index is 581. The van der Waals surface area contributed by atoms with E-state index >= 15 is 0 Å². The Kier molecular flexibility index (Phi) is 5.42. The molecule has 2 unspecified atom stereocenters. The summed E-state index contributed by atoms with van der Waals surface area (Å²) in [6.07, 6.45) is 3.81. The molecule has 0 radical (unpaired) electrons. The second-order valence-corrected chi connectivity index (χ2v) is 7.02. The monoisotopic (exact) mass is 317 g/mol. The molecule has 1 aliphatic carbocycles. The van der Waals surface area contributed by atoms with E-state index in [2.05, 4.69) is 10.6 Å². The average molecular weight is 317 g/mol. The Labute approximate surface area is 138 Å². The summed E-state index contributed by atoms with van der Waals surface area (Å²) < 4.78 is 0. The van der Waals surface area contributed by atoms with Gasteiger partial charge in [0.1, 0.15) is 0 Å². The Hall–Kier alpha value is -1.88. The van der Waals surface area contributed by atoms with Crippen LogP contribution in [0.15, 0.2) is 24.3 Å². The molecule has 0 saturated heterocycles. The van der Waals surface area contributed by atoms with E-state index in [4.69, 9.17) is 5.73 Å². The van der Waals surface area contributed by atoms with Gasteiger partial charge in [0.25, 0.3) is 0 Å². The first-order chi connectivity index (χ1) is 10.8. The fourth-order valence-electron chi connectivity index (χ4n) is 2.98. The van der Waals surface area contributed by atoms with Crippen LogP contribution >= 0.6 is 0 Å². The van der Waals surface area contributed by atoms with Crippen molar-refractivity contribution in [1.29, 1.82) is 0 Å². The molecule has 5 nitrogen and oxygen atoms in total. The highest BCUT2D eigenvalue weighted by molar-refractivity contribution is 5.96. The van der Waals surface area contributed by atoms with Gasteiger partial charge < -0.3 is 16.4 Å². The third-order valence-corrected chi connectivity index (χ3v) is 4.49. The van der Waals surface area contributed by atoms with Gasteiger partial charge in [-0.15, -0.1) is 0 Å². The van der Waals surface area contributed by atoms with Crippen molar-refractivity contribution in [3.8, 4) is 0 Å². The minimum absolute atomic E-state index is 0.0398. The maximum absolute atomic E-state index is 12.5. The number of anilines is 2. The molecular weight excluding hydrogens is 290 g/mol. The van der Waals surface area contributed by atoms with Crippen molar-refractivity contribution in [2.24, 2.45) is 17.6 Å². The summed E-state index contributed by atoms with van der Waals surface area (Å²) in [6.45, 7) is 5.63. The summed E-state index contributed by atoms with van der Waals surface area (Å²) in [5.74, 6) is -0.351. The highest BCUT2D eigenvalue weighted by Gasteiger charge is 2.37. The normalized spacial score (nSPS) is 24.3. The van der Waals surface area contributed by atoms with Crippen molar-refractivity contribution in [2.45, 2.75) is 52.0 Å². The van der Waals surface area contributed by atoms with Crippen LogP contribution in [0.1, 0.15) is 46.5 Å². The number of carbonyl (C=O) groups excluding carboxylic acids is 2. The first-order valence-corrected chi connectivity index (χ1v) is 8.30. The number of amides is 2. The molecule has 2 atom stereocenters. The van der Waals surface area contributed by atoms with Gasteiger partial charge in [0.15, 0.2) is 0 Å². The Morgan fingerprint density at radius 2 is 1.87 bits per heavy atom. The summed E-state index contributed by atoms with van der Waals surface area (Å²) in [5, 5.41) is 5.78. The molecule has 0 aromatic heterocycles. The molecule has 0 aliphatic heterocycles. The molecule has 1 aliphatic rings. The average Bonchev–Trinajstić information content (AvgIpc) is 2.46. The summed E-state index contributed by atoms with van der Waals surface area (Å²) in [6, 6.07) is 7.21. The maximum Gasteiger partial charge on any atom is 0.229 e. The molecule has 23 heavy (non-hydrogen) atoms. The number of hydrogen-bond donors (Lipinski definition) is 3. The molecular formula is C18H27N3O2. The first kappa shape index (κ1) is 17.5. The van der Waals surface area contributed by atoms with Crippen LogP contribution in [0.5, 0.6) is 0 Å². The standard InChI is InChI=1S/C18H27N3O2/c1-12(2)16(22)20-13-7-6-8-14(11-13)21-17(23)15-9-4-5-10-18(15,3)19/h6-8,11-12,15H,4-5,9-10,19H2,1-3H3,(H,20,22)(H,21,23). The molecule has 2 rings (SSSR count). The van der Waals surface area contributed by atoms with Gasteiger partial charge in [-0.3, -0.25) is 9.59 Å². The number of hydrogen-bond acceptors (Lipinski definition) is 3. The lowest BCUT2D eigenvalue weighted by atomic mass is 9.74. The molecule has 4 N–H and O–H groups in total. The molecule has 1 saturated carbocycles. The Balaban J connectivity index is 2.05. The van der Waals surface area contributed by atoms with Crippen LogP contribution in [0.3, 0.4) is 0 Å². The number of carbonyl (C=O) groups is 2. The minimum Gasteiger partial charge on any atom is -0.326 e. The quantitative estimate of drug-likeness (QED) is 0.797. The summed E-state index contributed by atoms with van der Waals surface area (Å²) in [4.78, 5) is 24.3. The third-order valence-electron chi connectivity index (χ3n) is 4.49. The summed E-state index contributed by atoms with van der Waals surface area (Å²) in [5.41, 5.74) is 7.20. The van der Waals surface area contributed by atoms with Gasteiger partial charge in [0, 0.05) is 22.8 Å². The van der Waals surface area contributed by atoms with Gasteiger partial charge in [-0.2, -0.15) is 0 Å². The predicted octanol–water partition coefficient (Wildman–Crippen LogP) is 3.13. The van der Waals surface area contributed by atoms with Crippen LogP contribution in [0, 0.1) is 11.8 Å². The summed E-state index contributed by atoms with van der Waals surface area (Å²) >= 11 is 0. The van der Waals surface area contributed by atoms with E-state index in [0.29, 0.717) is 11.4 Å². The first-order valence-electron chi connectivity index (χ1n) is 8.30. The zero-order chi connectivity index (χ0) is 17.0. The fraction of sp³-hybridized carbons (Fsp3) is 0.556. The number of benzene rings is 1. The second-order valence-electron chi connectivity index (χ2n) is 7.02. The van der Waals surface area contributed by atoms with Gasteiger partial charge in [0.05, 0.1) is 5.92 Å². The minimum atomic E-state index is -0.453. The largest absolute Gasteiger partial charge is 0.326 e. The molecule has 126 valence electrons. The molecule has 1 fully saturated rings. The maximum atomic E-state index is 12.5. The van der Waals surface area contributed by atoms with Crippen LogP contribution in [-0.4, -0.2) is 17.4 Å². The number of nitrogens with two attached hydrogens (primary N) is 1. The topological polar surface area (TPSA) is 84.2 Å². The zero-order valence-corrected chi connectivity index (χ0v) is 14.2. The lowest BCUT2D eigenvalue weighted by molar-refractivity contribution is -0.123. The molecule has 2 amide bonds. The van der Waals surface area contributed by atoms with Gasteiger partial charge in [0.2, 0.25) is 11.8 Å². The SMILES string of the molecule is CC(C)C(=O)Nc1cccc(NC(=O)C2CCCCC2(C)N)c1. The van der Waals surface area contributed by atoms with Crippen molar-refractivity contribution in [3.05, 3.63) is 24.3 Å². The molecule has 0 bridgehead atoms. The van der Waals surface area contributed by atoms with E-state index in [1.807, 2.05) is 39.0 Å². The van der Waals surface area contributed by atoms with Crippen LogP contribution in [0.2, 0.25) is 0 Å². The van der Waals surface area contributed by atoms with E-state index in [-0.39, 0.29) is 23.7 Å². The third kappa shape index (κ3) is 4.55. The zero-order valence-electron chi connectivity index (χ0n) is 14.2. The van der Waals surface area contributed by atoms with Crippen molar-refractivity contribution in [2.75, 3.05) is 10.6 Å². The molecule has 0 heterocycles. The van der Waals surface area contributed by atoms with Crippen LogP contribution < -0.4 is 16.4 Å². The number of nitrogens with one attached hydrogen (secondary N) is 2. The molecule has 0 spiro atoms. The summed E-state index contributed by atoms with van der Waals surface area (Å²) in [7, 11) is 0. The van der Waals surface area contributed by atoms with E-state index in [9.17, 15) is 9.59 Å². The Morgan fingerprint density at radius 1 is 1.22 bits per heavy atom. The van der Waals surface area contributed by atoms with Gasteiger partial charge in [-0.1, -0.05) is 32.8 Å². The second kappa shape index (κ2) is 7.13. The smallest absolute Gasteiger partial charge is 0.229 e. The van der Waals surface area contributed by atoms with Crippen LogP contribution in [0.4, 0.5) is 11.4 Å². The lowest BCUT2D eigenvalue weighted by Crippen LogP contribution is -2.51. The molecule has 1 aromatic rings. The highest BCUT2D eigenvalue weighted by atomic mass is 16.2. The van der Waals surface area contributed by atoms with Crippen molar-refractivity contribution < 1.29 is 9.59 Å². The van der Waals surface area contributed by atoms with Crippen molar-refractivity contribution in [1.82, 2.24) is 0 Å². The molecule has 1 aromatic carbocycles. The highest BCUT2D eigenvalue weighted by Crippen LogP contribution is 2.32. The van der Waals surface area contributed by atoms with Crippen LogP contribution in [0.25, 0.3) is 0 Å². The van der Waals surface area contributed by atoms with Crippen molar-refractivity contribution >= 4 is 23.2 Å². The van der Waals surface area contributed by atoms with Crippen LogP contribution in [-0.2, 0) is 9.59 Å². The number of rotatable bonds is 4. The fourth-order valence-corrected chi connectivity index (χ4v) is 2.98. The Morgan fingerprint density at radius 3 is 2.48 bits per heavy atom. The van der Waals surface area contributed by atoms with E-state index in [1.54, 1.807) is 6.07 Å². The van der Waals surface area contributed by atoms with E-state index < -0.39 is 5.54 Å². The van der Waals surface area contributed by atoms with Gasteiger partial charge in [-0.25, -0.2) is 0 Å². The van der Waals surface area contributed by atoms with Gasteiger partial charge >= 0.3 is 0 Å². The molecule has 5 heteroatoms. The van der Waals surface area contributed by atoms with E-state index in [1.165, 1.54) is 0 Å². The predicted molar refractivity (Wildman–Crippen MR) is 93.1 cm³/mol. The lowest BCUT2D eigenvalue weighted by Gasteiger charge is -2.37. The van der Waals surface area contributed by atoms with E-state index in [0.717, 1.165) is 25.7 Å².